The molecule has 0 unspecified atom stereocenters. The third-order valence-electron chi connectivity index (χ3n) is 5.54. The number of imidazole rings is 1. The van der Waals surface area contributed by atoms with E-state index in [9.17, 15) is 4.79 Å². The summed E-state index contributed by atoms with van der Waals surface area (Å²) in [7, 11) is 0. The SMILES string of the molecule is CCOC(=O)c1cnn(-c2nc(OCc3ccccc3)c3c(ncn3Cc3cccc(OCCCl)c3)n2)c1. The highest BCUT2D eigenvalue weighted by Crippen LogP contribution is 2.26. The van der Waals surface area contributed by atoms with E-state index in [-0.39, 0.29) is 12.6 Å². The fraction of sp³-hybridized carbons (Fsp3) is 0.222. The van der Waals surface area contributed by atoms with Crippen molar-refractivity contribution in [2.24, 2.45) is 0 Å². The number of ether oxygens (including phenoxy) is 3. The predicted molar refractivity (Wildman–Crippen MR) is 141 cm³/mol. The Balaban J connectivity index is 1.50. The van der Waals surface area contributed by atoms with Crippen LogP contribution in [0.25, 0.3) is 17.1 Å². The van der Waals surface area contributed by atoms with Crippen LogP contribution >= 0.6 is 11.6 Å². The Hall–Kier alpha value is -4.44. The number of aromatic nitrogens is 6. The summed E-state index contributed by atoms with van der Waals surface area (Å²) in [6.45, 7) is 3.23. The van der Waals surface area contributed by atoms with Crippen molar-refractivity contribution in [3.63, 3.8) is 0 Å². The Morgan fingerprint density at radius 2 is 1.87 bits per heavy atom. The van der Waals surface area contributed by atoms with E-state index in [0.29, 0.717) is 48.2 Å². The van der Waals surface area contributed by atoms with Crippen LogP contribution in [0.1, 0.15) is 28.4 Å². The minimum Gasteiger partial charge on any atom is -0.492 e. The minimum absolute atomic E-state index is 0.220. The van der Waals surface area contributed by atoms with Gasteiger partial charge in [-0.1, -0.05) is 42.5 Å². The van der Waals surface area contributed by atoms with Crippen LogP contribution < -0.4 is 9.47 Å². The Morgan fingerprint density at radius 3 is 2.68 bits per heavy atom. The molecule has 0 radical (unpaired) electrons. The summed E-state index contributed by atoms with van der Waals surface area (Å²) in [6, 6.07) is 17.6. The number of fused-ring (bicyclic) bond motifs is 1. The minimum atomic E-state index is -0.470. The van der Waals surface area contributed by atoms with Crippen molar-refractivity contribution in [3.8, 4) is 17.6 Å². The summed E-state index contributed by atoms with van der Waals surface area (Å²) in [5.74, 6) is 1.24. The van der Waals surface area contributed by atoms with Crippen LogP contribution in [0.3, 0.4) is 0 Å². The zero-order valence-electron chi connectivity index (χ0n) is 20.7. The first-order valence-corrected chi connectivity index (χ1v) is 12.6. The fourth-order valence-corrected chi connectivity index (χ4v) is 3.90. The van der Waals surface area contributed by atoms with Crippen molar-refractivity contribution in [1.82, 2.24) is 29.3 Å². The predicted octanol–water partition coefficient (Wildman–Crippen LogP) is 4.43. The Bertz CT molecular complexity index is 1540. The number of halogens is 1. The van der Waals surface area contributed by atoms with Gasteiger partial charge in [0, 0.05) is 12.7 Å². The van der Waals surface area contributed by atoms with Gasteiger partial charge in [-0.3, -0.25) is 0 Å². The van der Waals surface area contributed by atoms with E-state index in [1.54, 1.807) is 13.3 Å². The van der Waals surface area contributed by atoms with Gasteiger partial charge in [-0.2, -0.15) is 15.1 Å². The third kappa shape index (κ3) is 5.76. The van der Waals surface area contributed by atoms with E-state index in [2.05, 4.69) is 20.1 Å². The highest BCUT2D eigenvalue weighted by atomic mass is 35.5. The standard InChI is InChI=1S/C27H25ClN6O4/c1-2-36-26(35)21-14-30-34(16-21)27-31-24-23(25(32-27)38-17-19-7-4-3-5-8-19)33(18-29-24)15-20-9-6-10-22(13-20)37-12-11-28/h3-10,13-14,16,18H,2,11-12,15,17H2,1H3. The molecule has 2 aromatic carbocycles. The van der Waals surface area contributed by atoms with E-state index < -0.39 is 5.97 Å². The highest BCUT2D eigenvalue weighted by molar-refractivity contribution is 6.18. The van der Waals surface area contributed by atoms with Crippen molar-refractivity contribution >= 4 is 28.7 Å². The summed E-state index contributed by atoms with van der Waals surface area (Å²) in [5, 5.41) is 4.24. The molecule has 38 heavy (non-hydrogen) atoms. The normalized spacial score (nSPS) is 11.0. The monoisotopic (exact) mass is 532 g/mol. The number of carbonyl (C=O) groups excluding carboxylic acids is 1. The van der Waals surface area contributed by atoms with Crippen LogP contribution in [-0.2, 0) is 17.9 Å². The zero-order chi connectivity index (χ0) is 26.3. The van der Waals surface area contributed by atoms with Crippen molar-refractivity contribution in [1.29, 1.82) is 0 Å². The summed E-state index contributed by atoms with van der Waals surface area (Å²) in [5.41, 5.74) is 3.35. The molecular weight excluding hydrogens is 508 g/mol. The number of esters is 1. The summed E-state index contributed by atoms with van der Waals surface area (Å²) in [4.78, 5) is 25.9. The zero-order valence-corrected chi connectivity index (χ0v) is 21.4. The van der Waals surface area contributed by atoms with E-state index >= 15 is 0 Å². The maximum absolute atomic E-state index is 12.1. The molecule has 11 heteroatoms. The van der Waals surface area contributed by atoms with Gasteiger partial charge in [-0.15, -0.1) is 11.6 Å². The molecular formula is C27H25ClN6O4. The van der Waals surface area contributed by atoms with Crippen LogP contribution in [0.5, 0.6) is 11.6 Å². The van der Waals surface area contributed by atoms with Gasteiger partial charge < -0.3 is 18.8 Å². The molecule has 0 aliphatic rings. The second-order valence-corrected chi connectivity index (χ2v) is 8.60. The molecule has 0 bridgehead atoms. The van der Waals surface area contributed by atoms with Gasteiger partial charge in [0.2, 0.25) is 5.88 Å². The van der Waals surface area contributed by atoms with E-state index in [1.807, 2.05) is 59.2 Å². The van der Waals surface area contributed by atoms with Crippen molar-refractivity contribution in [2.75, 3.05) is 19.1 Å². The summed E-state index contributed by atoms with van der Waals surface area (Å²) >= 11 is 5.76. The number of nitrogens with zero attached hydrogens (tertiary/aromatic N) is 6. The maximum atomic E-state index is 12.1. The molecule has 3 heterocycles. The first-order chi connectivity index (χ1) is 18.6. The molecule has 0 saturated heterocycles. The molecule has 0 aliphatic carbocycles. The quantitative estimate of drug-likeness (QED) is 0.182. The van der Waals surface area contributed by atoms with Crippen LogP contribution in [0.2, 0.25) is 0 Å². The van der Waals surface area contributed by atoms with E-state index in [1.165, 1.54) is 17.1 Å². The lowest BCUT2D eigenvalue weighted by Crippen LogP contribution is -2.08. The number of hydrogen-bond donors (Lipinski definition) is 0. The van der Waals surface area contributed by atoms with Gasteiger partial charge in [-0.25, -0.2) is 14.5 Å². The van der Waals surface area contributed by atoms with Gasteiger partial charge in [0.1, 0.15) is 19.0 Å². The fourth-order valence-electron chi connectivity index (χ4n) is 3.82. The molecule has 5 rings (SSSR count). The molecule has 5 aromatic rings. The van der Waals surface area contributed by atoms with Crippen LogP contribution in [0, 0.1) is 0 Å². The smallest absolute Gasteiger partial charge is 0.341 e. The molecule has 3 aromatic heterocycles. The molecule has 0 spiro atoms. The van der Waals surface area contributed by atoms with E-state index in [0.717, 1.165) is 16.9 Å². The van der Waals surface area contributed by atoms with Crippen molar-refractivity contribution in [2.45, 2.75) is 20.1 Å². The lowest BCUT2D eigenvalue weighted by atomic mass is 10.2. The van der Waals surface area contributed by atoms with Gasteiger partial charge in [0.25, 0.3) is 5.95 Å². The molecule has 0 amide bonds. The highest BCUT2D eigenvalue weighted by Gasteiger charge is 2.19. The lowest BCUT2D eigenvalue weighted by molar-refractivity contribution is 0.0526. The van der Waals surface area contributed by atoms with Crippen LogP contribution in [-0.4, -0.2) is 54.4 Å². The number of alkyl halides is 1. The lowest BCUT2D eigenvalue weighted by Gasteiger charge is -2.12. The first-order valence-electron chi connectivity index (χ1n) is 12.0. The average molecular weight is 533 g/mol. The van der Waals surface area contributed by atoms with E-state index in [4.69, 9.17) is 25.8 Å². The Kier molecular flexibility index (Phi) is 7.79. The van der Waals surface area contributed by atoms with Gasteiger partial charge >= 0.3 is 5.97 Å². The molecule has 0 saturated carbocycles. The maximum Gasteiger partial charge on any atom is 0.341 e. The van der Waals surface area contributed by atoms with Crippen molar-refractivity contribution < 1.29 is 19.0 Å². The Labute approximate surface area is 223 Å². The first kappa shape index (κ1) is 25.2. The summed E-state index contributed by atoms with van der Waals surface area (Å²) in [6.07, 6.45) is 4.62. The van der Waals surface area contributed by atoms with Crippen molar-refractivity contribution in [3.05, 3.63) is 90.0 Å². The second-order valence-electron chi connectivity index (χ2n) is 8.23. The number of hydrogen-bond acceptors (Lipinski definition) is 8. The second kappa shape index (κ2) is 11.7. The van der Waals surface area contributed by atoms with Gasteiger partial charge in [0.05, 0.1) is 30.6 Å². The largest absolute Gasteiger partial charge is 0.492 e. The summed E-state index contributed by atoms with van der Waals surface area (Å²) < 4.78 is 20.2. The molecule has 0 atom stereocenters. The van der Waals surface area contributed by atoms with Crippen LogP contribution in [0.15, 0.2) is 73.3 Å². The molecule has 194 valence electrons. The molecule has 10 nitrogen and oxygen atoms in total. The number of carbonyl (C=O) groups is 1. The van der Waals surface area contributed by atoms with Gasteiger partial charge in [0.15, 0.2) is 11.2 Å². The molecule has 0 aliphatic heterocycles. The Morgan fingerprint density at radius 1 is 1.03 bits per heavy atom. The van der Waals surface area contributed by atoms with Gasteiger partial charge in [-0.05, 0) is 30.2 Å². The number of benzene rings is 2. The van der Waals surface area contributed by atoms with Crippen LogP contribution in [0.4, 0.5) is 0 Å². The third-order valence-corrected chi connectivity index (χ3v) is 5.70. The average Bonchev–Trinajstić information content (AvgIpc) is 3.60. The molecule has 0 N–H and O–H groups in total. The number of rotatable bonds is 11. The molecule has 0 fully saturated rings. The topological polar surface area (TPSA) is 106 Å².